The van der Waals surface area contributed by atoms with Gasteiger partial charge < -0.3 is 9.13 Å². The van der Waals surface area contributed by atoms with Gasteiger partial charge in [0.15, 0.2) is 0 Å². The Morgan fingerprint density at radius 1 is 0.327 bits per heavy atom. The average molecular weight is 641 g/mol. The van der Waals surface area contributed by atoms with Gasteiger partial charge in [0.2, 0.25) is 0 Å². The molecule has 3 heteroatoms. The van der Waals surface area contributed by atoms with Crippen molar-refractivity contribution < 1.29 is 0 Å². The van der Waals surface area contributed by atoms with Crippen LogP contribution in [-0.4, -0.2) is 9.13 Å². The minimum atomic E-state index is 1.16. The molecule has 0 aliphatic rings. The Kier molecular flexibility index (Phi) is 5.57. The zero-order chi connectivity index (χ0) is 32.1. The van der Waals surface area contributed by atoms with Crippen molar-refractivity contribution >= 4 is 85.9 Å². The van der Waals surface area contributed by atoms with Gasteiger partial charge in [-0.15, -0.1) is 11.3 Å². The van der Waals surface area contributed by atoms with Gasteiger partial charge in [-0.1, -0.05) is 103 Å². The highest BCUT2D eigenvalue weighted by molar-refractivity contribution is 7.25. The molecule has 0 aliphatic heterocycles. The molecule has 0 radical (unpaired) electrons. The Bertz CT molecular complexity index is 3100. The van der Waals surface area contributed by atoms with E-state index in [0.717, 1.165) is 5.69 Å². The zero-order valence-corrected chi connectivity index (χ0v) is 27.3. The minimum Gasteiger partial charge on any atom is -0.309 e. The molecule has 0 unspecified atom stereocenters. The minimum absolute atomic E-state index is 1.16. The predicted octanol–water partition coefficient (Wildman–Crippen LogP) is 13.1. The monoisotopic (exact) mass is 640 g/mol. The van der Waals surface area contributed by atoms with Crippen molar-refractivity contribution in [1.82, 2.24) is 9.13 Å². The highest BCUT2D eigenvalue weighted by atomic mass is 32.1. The summed E-state index contributed by atoms with van der Waals surface area (Å²) in [5, 5.41) is 10.3. The van der Waals surface area contributed by atoms with Crippen molar-refractivity contribution in [3.8, 4) is 22.5 Å². The van der Waals surface area contributed by atoms with E-state index < -0.39 is 0 Å². The highest BCUT2D eigenvalue weighted by Gasteiger charge is 2.20. The molecule has 0 atom stereocenters. The molecule has 11 aromatic rings. The van der Waals surface area contributed by atoms with Crippen LogP contribution >= 0.6 is 11.3 Å². The molecule has 49 heavy (non-hydrogen) atoms. The van der Waals surface area contributed by atoms with Crippen molar-refractivity contribution in [2.45, 2.75) is 0 Å². The summed E-state index contributed by atoms with van der Waals surface area (Å²) in [5.74, 6) is 0. The van der Waals surface area contributed by atoms with Gasteiger partial charge in [0, 0.05) is 53.1 Å². The van der Waals surface area contributed by atoms with Crippen LogP contribution in [0.5, 0.6) is 0 Å². The Morgan fingerprint density at radius 2 is 1.02 bits per heavy atom. The van der Waals surface area contributed by atoms with Crippen LogP contribution in [0, 0.1) is 0 Å². The lowest BCUT2D eigenvalue weighted by Crippen LogP contribution is -1.96. The van der Waals surface area contributed by atoms with Gasteiger partial charge in [0.25, 0.3) is 0 Å². The first-order valence-electron chi connectivity index (χ1n) is 16.8. The van der Waals surface area contributed by atoms with Crippen molar-refractivity contribution in [2.24, 2.45) is 0 Å². The summed E-state index contributed by atoms with van der Waals surface area (Å²) in [6.07, 6.45) is 0. The van der Waals surface area contributed by atoms with Crippen molar-refractivity contribution in [2.75, 3.05) is 0 Å². The summed E-state index contributed by atoms with van der Waals surface area (Å²) < 4.78 is 7.56. The van der Waals surface area contributed by atoms with Crippen LogP contribution in [-0.2, 0) is 0 Å². The second kappa shape index (κ2) is 10.2. The molecule has 0 N–H and O–H groups in total. The molecule has 0 saturated heterocycles. The molecule has 0 spiro atoms. The fraction of sp³-hybridized carbons (Fsp3) is 0. The lowest BCUT2D eigenvalue weighted by molar-refractivity contribution is 1.17. The second-order valence-corrected chi connectivity index (χ2v) is 14.0. The number of para-hydroxylation sites is 2. The Balaban J connectivity index is 1.23. The number of aromatic nitrogens is 2. The van der Waals surface area contributed by atoms with Gasteiger partial charge in [0.1, 0.15) is 0 Å². The first-order valence-corrected chi connectivity index (χ1v) is 17.6. The van der Waals surface area contributed by atoms with Crippen molar-refractivity contribution in [3.63, 3.8) is 0 Å². The molecule has 0 amide bonds. The number of fused-ring (bicyclic) bond motifs is 11. The smallest absolute Gasteiger partial charge is 0.0562 e. The number of thiophene rings is 1. The summed E-state index contributed by atoms with van der Waals surface area (Å²) in [6, 6.07) is 62.5. The molecule has 228 valence electrons. The molecular formula is C46H28N2S. The molecule has 3 heterocycles. The third-order valence-electron chi connectivity index (χ3n) is 10.3. The van der Waals surface area contributed by atoms with Crippen molar-refractivity contribution in [3.05, 3.63) is 170 Å². The van der Waals surface area contributed by atoms with Crippen LogP contribution in [0.15, 0.2) is 170 Å². The Labute approximate surface area is 286 Å². The fourth-order valence-electron chi connectivity index (χ4n) is 8.11. The fourth-order valence-corrected chi connectivity index (χ4v) is 9.20. The normalized spacial score (nSPS) is 12.1. The largest absolute Gasteiger partial charge is 0.309 e. The predicted molar refractivity (Wildman–Crippen MR) is 211 cm³/mol. The van der Waals surface area contributed by atoms with E-state index in [2.05, 4.69) is 179 Å². The van der Waals surface area contributed by atoms with E-state index in [4.69, 9.17) is 0 Å². The van der Waals surface area contributed by atoms with Gasteiger partial charge in [-0.05, 0) is 88.6 Å². The van der Waals surface area contributed by atoms with E-state index in [9.17, 15) is 0 Å². The maximum atomic E-state index is 2.48. The molecule has 0 fully saturated rings. The second-order valence-electron chi connectivity index (χ2n) is 13.0. The molecule has 3 aromatic heterocycles. The topological polar surface area (TPSA) is 9.86 Å². The maximum absolute atomic E-state index is 2.48. The van der Waals surface area contributed by atoms with Crippen LogP contribution in [0.1, 0.15) is 0 Å². The summed E-state index contributed by atoms with van der Waals surface area (Å²) in [4.78, 5) is 0. The standard InChI is InChI=1S/C46H28N2S/c1-2-13-32(14-3-1)47-40-19-8-6-17-35(40)37-27-39-43(28-42(37)47)48(41-23-21-29-11-4-5-16-34(29)46(39)41)33-15-10-12-30(25-33)31-22-24-45-38(26-31)36-18-7-9-20-44(36)49-45/h1-28H. The van der Waals surface area contributed by atoms with E-state index in [0.29, 0.717) is 0 Å². The average Bonchev–Trinajstić information content (AvgIpc) is 3.81. The van der Waals surface area contributed by atoms with Crippen LogP contribution in [0.3, 0.4) is 0 Å². The number of rotatable bonds is 3. The van der Waals surface area contributed by atoms with Gasteiger partial charge in [-0.2, -0.15) is 0 Å². The van der Waals surface area contributed by atoms with Gasteiger partial charge in [-0.3, -0.25) is 0 Å². The number of hydrogen-bond acceptors (Lipinski definition) is 1. The molecule has 0 saturated carbocycles. The van der Waals surface area contributed by atoms with Gasteiger partial charge in [0.05, 0.1) is 22.1 Å². The number of hydrogen-bond donors (Lipinski definition) is 0. The first-order chi connectivity index (χ1) is 24.3. The van der Waals surface area contributed by atoms with Crippen LogP contribution in [0.4, 0.5) is 0 Å². The highest BCUT2D eigenvalue weighted by Crippen LogP contribution is 2.43. The first kappa shape index (κ1) is 26.9. The third kappa shape index (κ3) is 3.88. The molecule has 0 aliphatic carbocycles. The Morgan fingerprint density at radius 3 is 1.94 bits per heavy atom. The SMILES string of the molecule is c1ccc(-n2c3ccccc3c3cc4c5c6ccccc6ccc5n(-c5cccc(-c6ccc7sc8ccccc8c7c6)c5)c4cc32)cc1. The van der Waals surface area contributed by atoms with Crippen LogP contribution in [0.25, 0.3) is 97.1 Å². The van der Waals surface area contributed by atoms with Gasteiger partial charge >= 0.3 is 0 Å². The Hall–Kier alpha value is -6.16. The van der Waals surface area contributed by atoms with E-state index in [1.54, 1.807) is 0 Å². The van der Waals surface area contributed by atoms with E-state index in [1.165, 1.54) is 91.4 Å². The van der Waals surface area contributed by atoms with Crippen LogP contribution in [0.2, 0.25) is 0 Å². The maximum Gasteiger partial charge on any atom is 0.0562 e. The molecular weight excluding hydrogens is 613 g/mol. The molecule has 8 aromatic carbocycles. The number of benzene rings is 8. The zero-order valence-electron chi connectivity index (χ0n) is 26.5. The lowest BCUT2D eigenvalue weighted by atomic mass is 10.0. The summed E-state index contributed by atoms with van der Waals surface area (Å²) in [6.45, 7) is 0. The van der Waals surface area contributed by atoms with Crippen LogP contribution < -0.4 is 0 Å². The van der Waals surface area contributed by atoms with E-state index in [-0.39, 0.29) is 0 Å². The lowest BCUT2D eigenvalue weighted by Gasteiger charge is -2.12. The van der Waals surface area contributed by atoms with E-state index >= 15 is 0 Å². The summed E-state index contributed by atoms with van der Waals surface area (Å²) in [7, 11) is 0. The molecule has 2 nitrogen and oxygen atoms in total. The summed E-state index contributed by atoms with van der Waals surface area (Å²) >= 11 is 1.87. The molecule has 0 bridgehead atoms. The summed E-state index contributed by atoms with van der Waals surface area (Å²) in [5.41, 5.74) is 9.61. The van der Waals surface area contributed by atoms with E-state index in [1.807, 2.05) is 11.3 Å². The number of nitrogens with zero attached hydrogens (tertiary/aromatic N) is 2. The van der Waals surface area contributed by atoms with Gasteiger partial charge in [-0.25, -0.2) is 0 Å². The third-order valence-corrected chi connectivity index (χ3v) is 11.4. The quantitative estimate of drug-likeness (QED) is 0.182. The molecule has 11 rings (SSSR count). The van der Waals surface area contributed by atoms with Crippen molar-refractivity contribution in [1.29, 1.82) is 0 Å².